The average Bonchev–Trinajstić information content (AvgIpc) is 2.92. The largest absolute Gasteiger partial charge is 0.512 e. The van der Waals surface area contributed by atoms with Crippen LogP contribution in [0, 0.1) is 17.8 Å². The van der Waals surface area contributed by atoms with Crippen molar-refractivity contribution in [3.8, 4) is 0 Å². The highest BCUT2D eigenvalue weighted by Gasteiger charge is 2.47. The van der Waals surface area contributed by atoms with Gasteiger partial charge >= 0.3 is 5.97 Å². The lowest BCUT2D eigenvalue weighted by atomic mass is 9.92. The van der Waals surface area contributed by atoms with E-state index < -0.39 is 0 Å². The molecule has 3 unspecified atom stereocenters. The van der Waals surface area contributed by atoms with Crippen LogP contribution in [0.15, 0.2) is 11.8 Å². The third-order valence-electron chi connectivity index (χ3n) is 4.70. The summed E-state index contributed by atoms with van der Waals surface area (Å²) in [6, 6.07) is 0. The number of aliphatic hydroxyl groups is 1. The van der Waals surface area contributed by atoms with Crippen molar-refractivity contribution in [2.75, 3.05) is 0 Å². The lowest BCUT2D eigenvalue weighted by Crippen LogP contribution is -2.33. The highest BCUT2D eigenvalue weighted by molar-refractivity contribution is 5.74. The fourth-order valence-corrected chi connectivity index (χ4v) is 3.71. The molecule has 3 aliphatic rings. The van der Waals surface area contributed by atoms with Gasteiger partial charge in [-0.1, -0.05) is 0 Å². The van der Waals surface area contributed by atoms with E-state index in [0.29, 0.717) is 11.7 Å². The zero-order valence-electron chi connectivity index (χ0n) is 10.3. The summed E-state index contributed by atoms with van der Waals surface area (Å²) < 4.78 is 5.71. The molecule has 0 spiro atoms. The van der Waals surface area contributed by atoms with E-state index in [9.17, 15) is 9.90 Å². The number of fused-ring (bicyclic) bond motifs is 2. The number of allylic oxidation sites excluding steroid dienone is 2. The van der Waals surface area contributed by atoms with Gasteiger partial charge in [-0.3, -0.25) is 4.79 Å². The number of hydrogen-bond acceptors (Lipinski definition) is 3. The Kier molecular flexibility index (Phi) is 2.46. The van der Waals surface area contributed by atoms with Gasteiger partial charge in [0.15, 0.2) is 0 Å². The Hall–Kier alpha value is -0.990. The Morgan fingerprint density at radius 1 is 1.41 bits per heavy atom. The van der Waals surface area contributed by atoms with Crippen LogP contribution in [0.1, 0.15) is 45.4 Å². The van der Waals surface area contributed by atoms with Gasteiger partial charge < -0.3 is 9.84 Å². The first-order valence-electron chi connectivity index (χ1n) is 6.71. The van der Waals surface area contributed by atoms with Crippen molar-refractivity contribution in [2.45, 2.75) is 51.0 Å². The molecule has 1 N–H and O–H groups in total. The van der Waals surface area contributed by atoms with Crippen molar-refractivity contribution >= 4 is 5.97 Å². The maximum Gasteiger partial charge on any atom is 0.310 e. The van der Waals surface area contributed by atoms with Gasteiger partial charge in [0, 0.05) is 5.92 Å². The zero-order chi connectivity index (χ0) is 12.0. The van der Waals surface area contributed by atoms with Gasteiger partial charge in [-0.15, -0.1) is 0 Å². The molecule has 3 nitrogen and oxygen atoms in total. The number of carbonyl (C=O) groups excluding carboxylic acids is 1. The summed E-state index contributed by atoms with van der Waals surface area (Å²) in [5.41, 5.74) is -0.238. The van der Waals surface area contributed by atoms with Crippen LogP contribution < -0.4 is 0 Å². The third-order valence-corrected chi connectivity index (χ3v) is 4.70. The van der Waals surface area contributed by atoms with Crippen LogP contribution >= 0.6 is 0 Å². The maximum atomic E-state index is 12.2. The number of hydrogen-bond donors (Lipinski definition) is 1. The molecule has 17 heavy (non-hydrogen) atoms. The number of ether oxygens (including phenoxy) is 1. The quantitative estimate of drug-likeness (QED) is 0.750. The monoisotopic (exact) mass is 236 g/mol. The van der Waals surface area contributed by atoms with E-state index in [2.05, 4.69) is 0 Å². The molecule has 0 aromatic carbocycles. The summed E-state index contributed by atoms with van der Waals surface area (Å²) in [5.74, 6) is 0.676. The van der Waals surface area contributed by atoms with Crippen LogP contribution in [-0.2, 0) is 9.53 Å². The Balaban J connectivity index is 1.66. The summed E-state index contributed by atoms with van der Waals surface area (Å²) in [7, 11) is 0. The molecule has 2 saturated carbocycles. The molecule has 3 rings (SSSR count). The van der Waals surface area contributed by atoms with Gasteiger partial charge in [-0.05, 0) is 57.4 Å². The van der Waals surface area contributed by atoms with Gasteiger partial charge in [0.05, 0.1) is 11.7 Å². The fourth-order valence-electron chi connectivity index (χ4n) is 3.71. The van der Waals surface area contributed by atoms with E-state index in [1.807, 2.05) is 13.0 Å². The molecule has 0 saturated heterocycles. The van der Waals surface area contributed by atoms with Crippen LogP contribution in [0.2, 0.25) is 0 Å². The first-order chi connectivity index (χ1) is 8.07. The summed E-state index contributed by atoms with van der Waals surface area (Å²) in [4.78, 5) is 12.2. The van der Waals surface area contributed by atoms with Crippen molar-refractivity contribution in [1.82, 2.24) is 0 Å². The topological polar surface area (TPSA) is 46.5 Å². The summed E-state index contributed by atoms with van der Waals surface area (Å²) in [6.07, 6.45) is 8.00. The van der Waals surface area contributed by atoms with Crippen LogP contribution in [-0.4, -0.2) is 16.7 Å². The van der Waals surface area contributed by atoms with E-state index in [4.69, 9.17) is 4.74 Å². The second-order valence-corrected chi connectivity index (χ2v) is 6.11. The van der Waals surface area contributed by atoms with E-state index >= 15 is 0 Å². The van der Waals surface area contributed by atoms with E-state index in [0.717, 1.165) is 38.5 Å². The lowest BCUT2D eigenvalue weighted by Gasteiger charge is -2.28. The smallest absolute Gasteiger partial charge is 0.310 e. The Morgan fingerprint density at radius 2 is 2.12 bits per heavy atom. The van der Waals surface area contributed by atoms with Gasteiger partial charge in [0.1, 0.15) is 5.60 Å². The van der Waals surface area contributed by atoms with Crippen LogP contribution in [0.25, 0.3) is 0 Å². The van der Waals surface area contributed by atoms with Gasteiger partial charge in [-0.2, -0.15) is 0 Å². The van der Waals surface area contributed by atoms with Crippen molar-refractivity contribution < 1.29 is 14.6 Å². The van der Waals surface area contributed by atoms with Crippen molar-refractivity contribution in [3.05, 3.63) is 11.8 Å². The van der Waals surface area contributed by atoms with E-state index in [1.165, 1.54) is 0 Å². The summed E-state index contributed by atoms with van der Waals surface area (Å²) >= 11 is 0. The van der Waals surface area contributed by atoms with Crippen LogP contribution in [0.3, 0.4) is 0 Å². The standard InChI is InChI=1S/C14H20O3/c1-14(4-2-3-5-14)17-13(16)11-7-9-6-10(11)12(15)8-9/h8-11,15H,2-7H2,1H3. The molecule has 0 amide bonds. The molecule has 0 aromatic heterocycles. The van der Waals surface area contributed by atoms with Gasteiger partial charge in [-0.25, -0.2) is 0 Å². The second-order valence-electron chi connectivity index (χ2n) is 6.11. The molecular weight excluding hydrogens is 216 g/mol. The Bertz CT molecular complexity index is 366. The number of aliphatic hydroxyl groups excluding tert-OH is 1. The molecule has 0 aliphatic heterocycles. The fraction of sp³-hybridized carbons (Fsp3) is 0.786. The zero-order valence-corrected chi connectivity index (χ0v) is 10.3. The molecule has 0 aromatic rings. The predicted octanol–water partition coefficient (Wildman–Crippen LogP) is 2.96. The second kappa shape index (κ2) is 3.76. The molecule has 94 valence electrons. The van der Waals surface area contributed by atoms with Crippen LogP contribution in [0.4, 0.5) is 0 Å². The number of carbonyl (C=O) groups is 1. The minimum atomic E-state index is -0.238. The molecule has 2 fully saturated rings. The lowest BCUT2D eigenvalue weighted by molar-refractivity contribution is -0.164. The minimum absolute atomic E-state index is 0.0394. The van der Waals surface area contributed by atoms with Gasteiger partial charge in [0.25, 0.3) is 0 Å². The van der Waals surface area contributed by atoms with Crippen molar-refractivity contribution in [2.24, 2.45) is 17.8 Å². The maximum absolute atomic E-state index is 12.2. The third kappa shape index (κ3) is 1.85. The average molecular weight is 236 g/mol. The molecule has 3 atom stereocenters. The number of rotatable bonds is 2. The van der Waals surface area contributed by atoms with Crippen molar-refractivity contribution in [1.29, 1.82) is 0 Å². The first kappa shape index (κ1) is 11.1. The number of esters is 1. The van der Waals surface area contributed by atoms with E-state index in [-0.39, 0.29) is 23.4 Å². The highest BCUT2D eigenvalue weighted by atomic mass is 16.6. The minimum Gasteiger partial charge on any atom is -0.512 e. The van der Waals surface area contributed by atoms with Crippen molar-refractivity contribution in [3.63, 3.8) is 0 Å². The predicted molar refractivity (Wildman–Crippen MR) is 63.4 cm³/mol. The molecule has 3 heteroatoms. The molecule has 2 bridgehead atoms. The molecule has 0 radical (unpaired) electrons. The first-order valence-corrected chi connectivity index (χ1v) is 6.71. The molecule has 0 heterocycles. The molecule has 3 aliphatic carbocycles. The highest BCUT2D eigenvalue weighted by Crippen LogP contribution is 2.48. The summed E-state index contributed by atoms with van der Waals surface area (Å²) in [6.45, 7) is 2.04. The van der Waals surface area contributed by atoms with Gasteiger partial charge in [0.2, 0.25) is 0 Å². The van der Waals surface area contributed by atoms with Crippen LogP contribution in [0.5, 0.6) is 0 Å². The summed E-state index contributed by atoms with van der Waals surface area (Å²) in [5, 5.41) is 9.72. The Labute approximate surface area is 102 Å². The molecular formula is C14H20O3. The van der Waals surface area contributed by atoms with E-state index in [1.54, 1.807) is 0 Å². The normalized spacial score (nSPS) is 38.2. The Morgan fingerprint density at radius 3 is 2.71 bits per heavy atom. The SMILES string of the molecule is CC1(OC(=O)C2CC3C=C(O)C2C3)CCCC1.